The predicted octanol–water partition coefficient (Wildman–Crippen LogP) is 1.28. The molecule has 1 unspecified atom stereocenters. The highest BCUT2D eigenvalue weighted by atomic mass is 16.4. The maximum absolute atomic E-state index is 10.4. The van der Waals surface area contributed by atoms with E-state index in [-0.39, 0.29) is 5.75 Å². The zero-order chi connectivity index (χ0) is 10.6. The Bertz CT molecular complexity index is 360. The zero-order valence-electron chi connectivity index (χ0n) is 7.71. The molecule has 0 fully saturated rings. The molecule has 2 N–H and O–H groups in total. The molecule has 0 amide bonds. The summed E-state index contributed by atoms with van der Waals surface area (Å²) in [5.74, 6) is -0.835. The van der Waals surface area contributed by atoms with E-state index in [9.17, 15) is 4.79 Å². The van der Waals surface area contributed by atoms with E-state index in [0.29, 0.717) is 5.56 Å². The molecule has 0 saturated carbocycles. The lowest BCUT2D eigenvalue weighted by atomic mass is 10.2. The van der Waals surface area contributed by atoms with Crippen molar-refractivity contribution in [2.75, 3.05) is 0 Å². The van der Waals surface area contributed by atoms with Crippen molar-refractivity contribution >= 4 is 12.2 Å². The Morgan fingerprint density at radius 2 is 2.29 bits per heavy atom. The standard InChI is InChI=1S/C10H11NO3/c1-7(10(13)14)11-6-8-3-2-4-9(12)5-8/h2-7,12H,1H3,(H,13,14). The molecule has 1 atom stereocenters. The summed E-state index contributed by atoms with van der Waals surface area (Å²) >= 11 is 0. The van der Waals surface area contributed by atoms with Crippen LogP contribution in [0.5, 0.6) is 5.75 Å². The smallest absolute Gasteiger partial charge is 0.328 e. The summed E-state index contributed by atoms with van der Waals surface area (Å²) in [6.07, 6.45) is 1.43. The van der Waals surface area contributed by atoms with Crippen LogP contribution in [0, 0.1) is 0 Å². The Balaban J connectivity index is 2.73. The van der Waals surface area contributed by atoms with Gasteiger partial charge in [-0.05, 0) is 24.6 Å². The number of aliphatic imine (C=N–C) groups is 1. The summed E-state index contributed by atoms with van der Waals surface area (Å²) in [6, 6.07) is 5.69. The summed E-state index contributed by atoms with van der Waals surface area (Å²) in [4.78, 5) is 14.2. The van der Waals surface area contributed by atoms with Crippen molar-refractivity contribution in [3.8, 4) is 5.75 Å². The van der Waals surface area contributed by atoms with Gasteiger partial charge < -0.3 is 10.2 Å². The molecule has 14 heavy (non-hydrogen) atoms. The molecule has 0 aromatic heterocycles. The number of benzene rings is 1. The van der Waals surface area contributed by atoms with Crippen LogP contribution in [0.1, 0.15) is 12.5 Å². The van der Waals surface area contributed by atoms with Crippen molar-refractivity contribution in [2.45, 2.75) is 13.0 Å². The number of phenolic OH excluding ortho intramolecular Hbond substituents is 1. The van der Waals surface area contributed by atoms with Crippen molar-refractivity contribution in [3.63, 3.8) is 0 Å². The Morgan fingerprint density at radius 3 is 2.86 bits per heavy atom. The van der Waals surface area contributed by atoms with Gasteiger partial charge in [0.05, 0.1) is 0 Å². The highest BCUT2D eigenvalue weighted by Gasteiger charge is 2.06. The Kier molecular flexibility index (Phi) is 3.23. The summed E-state index contributed by atoms with van der Waals surface area (Å²) in [7, 11) is 0. The monoisotopic (exact) mass is 193 g/mol. The second-order valence-corrected chi connectivity index (χ2v) is 2.89. The number of hydrogen-bond donors (Lipinski definition) is 2. The number of hydrogen-bond acceptors (Lipinski definition) is 3. The van der Waals surface area contributed by atoms with Gasteiger partial charge in [-0.25, -0.2) is 4.79 Å². The second-order valence-electron chi connectivity index (χ2n) is 2.89. The first-order valence-electron chi connectivity index (χ1n) is 4.14. The van der Waals surface area contributed by atoms with Gasteiger partial charge >= 0.3 is 5.97 Å². The van der Waals surface area contributed by atoms with Gasteiger partial charge in [-0.3, -0.25) is 4.99 Å². The number of aromatic hydroxyl groups is 1. The molecule has 1 aromatic rings. The molecule has 0 spiro atoms. The largest absolute Gasteiger partial charge is 0.508 e. The quantitative estimate of drug-likeness (QED) is 0.710. The van der Waals surface area contributed by atoms with Crippen LogP contribution in [0.15, 0.2) is 29.3 Å². The number of carbonyl (C=O) groups is 1. The van der Waals surface area contributed by atoms with E-state index in [0.717, 1.165) is 0 Å². The minimum atomic E-state index is -0.971. The number of carboxylic acid groups (broad SMARTS) is 1. The molecule has 4 nitrogen and oxygen atoms in total. The van der Waals surface area contributed by atoms with Crippen LogP contribution in [-0.2, 0) is 4.79 Å². The molecule has 0 aliphatic rings. The first kappa shape index (κ1) is 10.2. The number of carboxylic acids is 1. The van der Waals surface area contributed by atoms with Crippen LogP contribution < -0.4 is 0 Å². The van der Waals surface area contributed by atoms with Crippen LogP contribution in [0.3, 0.4) is 0 Å². The minimum Gasteiger partial charge on any atom is -0.508 e. The number of aliphatic carboxylic acids is 1. The van der Waals surface area contributed by atoms with Crippen molar-refractivity contribution in [3.05, 3.63) is 29.8 Å². The van der Waals surface area contributed by atoms with Crippen LogP contribution in [-0.4, -0.2) is 28.4 Å². The Morgan fingerprint density at radius 1 is 1.57 bits per heavy atom. The molecule has 0 bridgehead atoms. The molecular formula is C10H11NO3. The van der Waals surface area contributed by atoms with Crippen molar-refractivity contribution < 1.29 is 15.0 Å². The van der Waals surface area contributed by atoms with Gasteiger partial charge in [-0.15, -0.1) is 0 Å². The van der Waals surface area contributed by atoms with E-state index in [4.69, 9.17) is 10.2 Å². The van der Waals surface area contributed by atoms with E-state index in [1.807, 2.05) is 0 Å². The summed E-state index contributed by atoms with van der Waals surface area (Å²) < 4.78 is 0. The molecular weight excluding hydrogens is 182 g/mol. The molecule has 0 heterocycles. The van der Waals surface area contributed by atoms with Crippen molar-refractivity contribution in [2.24, 2.45) is 4.99 Å². The fourth-order valence-corrected chi connectivity index (χ4v) is 0.867. The first-order chi connectivity index (χ1) is 6.59. The van der Waals surface area contributed by atoms with Gasteiger partial charge in [-0.1, -0.05) is 12.1 Å². The van der Waals surface area contributed by atoms with Gasteiger partial charge in [0.2, 0.25) is 0 Å². The maximum atomic E-state index is 10.4. The zero-order valence-corrected chi connectivity index (χ0v) is 7.71. The third kappa shape index (κ3) is 2.90. The Hall–Kier alpha value is -1.84. The van der Waals surface area contributed by atoms with Gasteiger partial charge in [0, 0.05) is 6.21 Å². The number of nitrogens with zero attached hydrogens (tertiary/aromatic N) is 1. The molecule has 0 aliphatic heterocycles. The lowest BCUT2D eigenvalue weighted by Gasteiger charge is -1.98. The second kappa shape index (κ2) is 4.41. The maximum Gasteiger partial charge on any atom is 0.328 e. The van der Waals surface area contributed by atoms with Gasteiger partial charge in [0.15, 0.2) is 0 Å². The van der Waals surface area contributed by atoms with E-state index in [2.05, 4.69) is 4.99 Å². The van der Waals surface area contributed by atoms with Gasteiger partial charge in [-0.2, -0.15) is 0 Å². The summed E-state index contributed by atoms with van der Waals surface area (Å²) in [5.41, 5.74) is 0.679. The molecule has 4 heteroatoms. The molecule has 1 rings (SSSR count). The van der Waals surface area contributed by atoms with Crippen molar-refractivity contribution in [1.82, 2.24) is 0 Å². The highest BCUT2D eigenvalue weighted by Crippen LogP contribution is 2.09. The molecule has 0 aliphatic carbocycles. The topological polar surface area (TPSA) is 69.9 Å². The molecule has 74 valence electrons. The minimum absolute atomic E-state index is 0.136. The molecule has 1 aromatic carbocycles. The lowest BCUT2D eigenvalue weighted by Crippen LogP contribution is -2.12. The summed E-state index contributed by atoms with van der Waals surface area (Å²) in [5, 5.41) is 17.7. The average Bonchev–Trinajstić information content (AvgIpc) is 2.14. The van der Waals surface area contributed by atoms with Crippen LogP contribution in [0.25, 0.3) is 0 Å². The number of rotatable bonds is 3. The third-order valence-corrected chi connectivity index (χ3v) is 1.67. The highest BCUT2D eigenvalue weighted by molar-refractivity contribution is 5.83. The van der Waals surface area contributed by atoms with E-state index < -0.39 is 12.0 Å². The number of phenols is 1. The van der Waals surface area contributed by atoms with Crippen LogP contribution >= 0.6 is 0 Å². The molecule has 0 radical (unpaired) electrons. The predicted molar refractivity (Wildman–Crippen MR) is 52.8 cm³/mol. The van der Waals surface area contributed by atoms with Gasteiger partial charge in [0.25, 0.3) is 0 Å². The third-order valence-electron chi connectivity index (χ3n) is 1.67. The fraction of sp³-hybridized carbons (Fsp3) is 0.200. The first-order valence-corrected chi connectivity index (χ1v) is 4.14. The van der Waals surface area contributed by atoms with E-state index >= 15 is 0 Å². The van der Waals surface area contributed by atoms with Gasteiger partial charge in [0.1, 0.15) is 11.8 Å². The normalized spacial score (nSPS) is 12.9. The fourth-order valence-electron chi connectivity index (χ4n) is 0.867. The van der Waals surface area contributed by atoms with Crippen LogP contribution in [0.4, 0.5) is 0 Å². The average molecular weight is 193 g/mol. The van der Waals surface area contributed by atoms with E-state index in [1.54, 1.807) is 12.1 Å². The van der Waals surface area contributed by atoms with Crippen LogP contribution in [0.2, 0.25) is 0 Å². The lowest BCUT2D eigenvalue weighted by molar-refractivity contribution is -0.137. The van der Waals surface area contributed by atoms with Crippen molar-refractivity contribution in [1.29, 1.82) is 0 Å². The van der Waals surface area contributed by atoms with E-state index in [1.165, 1.54) is 25.3 Å². The molecule has 0 saturated heterocycles. The SMILES string of the molecule is CC(N=Cc1cccc(O)c1)C(=O)O. The Labute approximate surface area is 81.5 Å². The summed E-state index contributed by atoms with van der Waals surface area (Å²) in [6.45, 7) is 1.49.